The van der Waals surface area contributed by atoms with Crippen molar-refractivity contribution < 1.29 is 32.9 Å². The normalized spacial score (nSPS) is 30.6. The Hall–Kier alpha value is -2.30. The quantitative estimate of drug-likeness (QED) is 0.556. The van der Waals surface area contributed by atoms with E-state index < -0.39 is 48.5 Å². The van der Waals surface area contributed by atoms with Crippen LogP contribution in [0.3, 0.4) is 0 Å². The van der Waals surface area contributed by atoms with Gasteiger partial charge >= 0.3 is 18.6 Å². The minimum Gasteiger partial charge on any atom is -0.599 e. The molecule has 0 bridgehead atoms. The van der Waals surface area contributed by atoms with E-state index in [4.69, 9.17) is 32.5 Å². The standard InChI is InChI=1S/C21H26BCl2N3O6/c1-11(2)8-17(22-27(3)15(20(30)32-22)6-7-16(27)21(31)33-22)26-18(28)10-25-19(29)13-9-12(23)4-5-14(13)24/h4-5,9,11,15-17H,6-8,10H2,1-3H3,(H,25,29)(H,26,28)/t15-,16-,17+,22?,27?/m1/s1. The van der Waals surface area contributed by atoms with Gasteiger partial charge in [0.05, 0.1) is 23.1 Å². The molecule has 3 heterocycles. The number of halogens is 2. The summed E-state index contributed by atoms with van der Waals surface area (Å²) >= 11 is 12.0. The molecule has 3 atom stereocenters. The van der Waals surface area contributed by atoms with Gasteiger partial charge in [-0.05, 0) is 30.5 Å². The van der Waals surface area contributed by atoms with E-state index in [2.05, 4.69) is 10.6 Å². The molecule has 3 aliphatic rings. The Bertz CT molecular complexity index is 1010. The summed E-state index contributed by atoms with van der Waals surface area (Å²) in [7, 11) is 1.81. The van der Waals surface area contributed by atoms with Crippen LogP contribution in [0.15, 0.2) is 18.2 Å². The second-order valence-electron chi connectivity index (χ2n) is 9.54. The lowest BCUT2D eigenvalue weighted by Gasteiger charge is -2.47. The first-order chi connectivity index (χ1) is 15.5. The van der Waals surface area contributed by atoms with E-state index in [1.807, 2.05) is 13.8 Å². The van der Waals surface area contributed by atoms with Gasteiger partial charge in [0.15, 0.2) is 0 Å². The maximum absolute atomic E-state index is 12.8. The molecule has 0 spiro atoms. The summed E-state index contributed by atoms with van der Waals surface area (Å²) in [5, 5.41) is 5.93. The van der Waals surface area contributed by atoms with E-state index in [0.29, 0.717) is 24.3 Å². The predicted octanol–water partition coefficient (Wildman–Crippen LogP) is 1.82. The number of hydrogen-bond acceptors (Lipinski definition) is 6. The number of benzene rings is 1. The summed E-state index contributed by atoms with van der Waals surface area (Å²) in [5.74, 6) is -2.49. The van der Waals surface area contributed by atoms with Gasteiger partial charge < -0.3 is 24.3 Å². The Morgan fingerprint density at radius 2 is 1.76 bits per heavy atom. The third kappa shape index (κ3) is 3.78. The third-order valence-corrected chi connectivity index (χ3v) is 7.67. The first-order valence-electron chi connectivity index (χ1n) is 11.0. The van der Waals surface area contributed by atoms with Gasteiger partial charge in [-0.25, -0.2) is 9.59 Å². The summed E-state index contributed by atoms with van der Waals surface area (Å²) in [5.41, 5.74) is 0.147. The molecule has 3 fully saturated rings. The molecule has 178 valence electrons. The third-order valence-electron chi connectivity index (χ3n) is 7.11. The van der Waals surface area contributed by atoms with Crippen molar-refractivity contribution in [2.45, 2.75) is 51.1 Å². The van der Waals surface area contributed by atoms with Crippen LogP contribution in [0.25, 0.3) is 0 Å². The highest BCUT2D eigenvalue weighted by molar-refractivity contribution is 6.68. The molecule has 2 N–H and O–H groups in total. The number of carbonyl (C=O) groups excluding carboxylic acids is 4. The molecule has 1 aromatic rings. The molecule has 33 heavy (non-hydrogen) atoms. The fourth-order valence-electron chi connectivity index (χ4n) is 5.60. The summed E-state index contributed by atoms with van der Waals surface area (Å²) in [4.78, 5) is 50.7. The zero-order valence-corrected chi connectivity index (χ0v) is 20.1. The number of nitrogens with one attached hydrogen (secondary N) is 2. The number of quaternary nitrogens is 1. The lowest BCUT2D eigenvalue weighted by Crippen LogP contribution is -2.73. The predicted molar refractivity (Wildman–Crippen MR) is 121 cm³/mol. The molecule has 0 aromatic heterocycles. The molecule has 12 heteroatoms. The van der Waals surface area contributed by atoms with Gasteiger partial charge in [-0.3, -0.25) is 9.59 Å². The van der Waals surface area contributed by atoms with Gasteiger partial charge in [-0.1, -0.05) is 37.0 Å². The first-order valence-corrected chi connectivity index (χ1v) is 11.7. The lowest BCUT2D eigenvalue weighted by molar-refractivity contribution is -0.829. The molecule has 0 radical (unpaired) electrons. The molecule has 9 nitrogen and oxygen atoms in total. The summed E-state index contributed by atoms with van der Waals surface area (Å²) in [6.07, 6.45) is 1.50. The summed E-state index contributed by atoms with van der Waals surface area (Å²) < 4.78 is 11.6. The number of amides is 2. The molecular weight excluding hydrogens is 472 g/mol. The number of rotatable bonds is 7. The van der Waals surface area contributed by atoms with Crippen molar-refractivity contribution in [3.05, 3.63) is 33.8 Å². The Morgan fingerprint density at radius 3 is 2.33 bits per heavy atom. The van der Waals surface area contributed by atoms with Crippen LogP contribution in [0.5, 0.6) is 0 Å². The highest BCUT2D eigenvalue weighted by Crippen LogP contribution is 2.51. The van der Waals surface area contributed by atoms with Gasteiger partial charge in [0.2, 0.25) is 5.91 Å². The van der Waals surface area contributed by atoms with Gasteiger partial charge in [-0.2, -0.15) is 0 Å². The minimum atomic E-state index is -2.49. The van der Waals surface area contributed by atoms with Gasteiger partial charge in [0.25, 0.3) is 5.91 Å². The van der Waals surface area contributed by atoms with Gasteiger partial charge in [0.1, 0.15) is 12.1 Å². The van der Waals surface area contributed by atoms with E-state index in [9.17, 15) is 19.2 Å². The Labute approximate surface area is 201 Å². The highest BCUT2D eigenvalue weighted by Gasteiger charge is 2.78. The van der Waals surface area contributed by atoms with E-state index in [1.165, 1.54) is 12.1 Å². The minimum absolute atomic E-state index is 0.0415. The zero-order chi connectivity index (χ0) is 24.1. The largest absolute Gasteiger partial charge is 0.605 e. The van der Waals surface area contributed by atoms with Crippen LogP contribution in [0, 0.1) is 5.92 Å². The second-order valence-corrected chi connectivity index (χ2v) is 10.4. The van der Waals surface area contributed by atoms with E-state index in [-0.39, 0.29) is 27.4 Å². The van der Waals surface area contributed by atoms with Crippen LogP contribution in [0.4, 0.5) is 0 Å². The molecule has 4 rings (SSSR count). The molecule has 3 aliphatic heterocycles. The number of likely N-dealkylation sites (N-methyl/N-ethyl adjacent to an activating group) is 1. The van der Waals surface area contributed by atoms with Crippen molar-refractivity contribution in [2.75, 3.05) is 13.6 Å². The van der Waals surface area contributed by atoms with E-state index in [0.717, 1.165) is 0 Å². The Balaban J connectivity index is 1.52. The van der Waals surface area contributed by atoms with Crippen LogP contribution < -0.4 is 10.6 Å². The molecular formula is C21H26BCl2N3O6. The van der Waals surface area contributed by atoms with E-state index in [1.54, 1.807) is 13.1 Å². The highest BCUT2D eigenvalue weighted by atomic mass is 35.5. The van der Waals surface area contributed by atoms with Crippen molar-refractivity contribution in [2.24, 2.45) is 5.92 Å². The van der Waals surface area contributed by atoms with Crippen molar-refractivity contribution in [3.63, 3.8) is 0 Å². The molecule has 0 saturated carbocycles. The Kier molecular flexibility index (Phi) is 6.13. The van der Waals surface area contributed by atoms with Crippen molar-refractivity contribution in [3.8, 4) is 0 Å². The van der Waals surface area contributed by atoms with Crippen LogP contribution in [-0.2, 0) is 23.7 Å². The van der Waals surface area contributed by atoms with Crippen molar-refractivity contribution >= 4 is 53.6 Å². The molecule has 0 unspecified atom stereocenters. The fourth-order valence-corrected chi connectivity index (χ4v) is 5.98. The zero-order valence-electron chi connectivity index (χ0n) is 18.6. The second kappa shape index (κ2) is 8.49. The maximum Gasteiger partial charge on any atom is 0.605 e. The molecule has 1 aromatic carbocycles. The first kappa shape index (κ1) is 23.8. The van der Waals surface area contributed by atoms with Crippen molar-refractivity contribution in [1.29, 1.82) is 0 Å². The van der Waals surface area contributed by atoms with Gasteiger partial charge in [-0.15, -0.1) is 0 Å². The smallest absolute Gasteiger partial charge is 0.599 e. The molecule has 2 amide bonds. The summed E-state index contributed by atoms with van der Waals surface area (Å²) in [6.45, 7) is 1.08. The average Bonchev–Trinajstić information content (AvgIpc) is 3.28. The monoisotopic (exact) mass is 497 g/mol. The molecule has 3 saturated heterocycles. The molecule has 0 aliphatic carbocycles. The van der Waals surface area contributed by atoms with Crippen LogP contribution >= 0.6 is 23.2 Å². The van der Waals surface area contributed by atoms with Gasteiger partial charge in [0, 0.05) is 24.9 Å². The maximum atomic E-state index is 12.8. The SMILES string of the molecule is CC(C)C[C@H](NC(=O)CNC(=O)c1cc(Cl)ccc1Cl)[B-]12OC(=O)[C@H]3CC[C@H](C(=O)O1)[N+]32C. The van der Waals surface area contributed by atoms with Crippen LogP contribution in [0.2, 0.25) is 10.0 Å². The lowest BCUT2D eigenvalue weighted by atomic mass is 9.57. The number of nitrogens with zero attached hydrogens (tertiary/aromatic N) is 1. The fraction of sp³-hybridized carbons (Fsp3) is 0.524. The summed E-state index contributed by atoms with van der Waals surface area (Å²) in [6, 6.07) is 3.49. The van der Waals surface area contributed by atoms with Crippen molar-refractivity contribution in [1.82, 2.24) is 10.6 Å². The average molecular weight is 498 g/mol. The number of hydrogen-bond donors (Lipinski definition) is 2. The van der Waals surface area contributed by atoms with Crippen LogP contribution in [0.1, 0.15) is 43.5 Å². The van der Waals surface area contributed by atoms with Crippen LogP contribution in [-0.4, -0.2) is 66.5 Å². The van der Waals surface area contributed by atoms with E-state index >= 15 is 0 Å². The Morgan fingerprint density at radius 1 is 1.15 bits per heavy atom. The topological polar surface area (TPSA) is 111 Å². The number of carbonyl (C=O) groups is 4.